The number of rotatable bonds is 4. The number of methoxy groups -OCH3 is 2. The van der Waals surface area contributed by atoms with Crippen molar-refractivity contribution in [2.24, 2.45) is 0 Å². The number of benzene rings is 2. The maximum absolute atomic E-state index is 13.2. The first kappa shape index (κ1) is 13.4. The molecule has 0 saturated carbocycles. The Kier molecular flexibility index (Phi) is 4.02. The van der Waals surface area contributed by atoms with E-state index >= 15 is 0 Å². The monoisotopic (exact) mass is 262 g/mol. The van der Waals surface area contributed by atoms with Gasteiger partial charge in [0.05, 0.1) is 19.8 Å². The van der Waals surface area contributed by atoms with Crippen molar-refractivity contribution in [3.8, 4) is 11.5 Å². The van der Waals surface area contributed by atoms with Crippen molar-refractivity contribution in [1.29, 1.82) is 0 Å². The lowest BCUT2D eigenvalue weighted by molar-refractivity contribution is 0.208. The molecule has 0 saturated heterocycles. The summed E-state index contributed by atoms with van der Waals surface area (Å²) in [5.74, 6) is 0.595. The number of ether oxygens (including phenoxy) is 2. The van der Waals surface area contributed by atoms with Gasteiger partial charge in [-0.3, -0.25) is 0 Å². The summed E-state index contributed by atoms with van der Waals surface area (Å²) in [4.78, 5) is 0. The van der Waals surface area contributed by atoms with E-state index in [1.807, 2.05) is 0 Å². The second-order valence-corrected chi connectivity index (χ2v) is 4.03. The lowest BCUT2D eigenvalue weighted by Gasteiger charge is -2.18. The van der Waals surface area contributed by atoms with Gasteiger partial charge in [0.25, 0.3) is 0 Å². The van der Waals surface area contributed by atoms with Crippen molar-refractivity contribution >= 4 is 0 Å². The number of hydrogen-bond acceptors (Lipinski definition) is 3. The zero-order valence-electron chi connectivity index (χ0n) is 10.8. The van der Waals surface area contributed by atoms with E-state index in [2.05, 4.69) is 0 Å². The minimum Gasteiger partial charge on any atom is -0.496 e. The average Bonchev–Trinajstić information content (AvgIpc) is 2.45. The van der Waals surface area contributed by atoms with E-state index in [0.29, 0.717) is 22.6 Å². The fourth-order valence-corrected chi connectivity index (χ4v) is 1.99. The Hall–Kier alpha value is -2.07. The van der Waals surface area contributed by atoms with Crippen LogP contribution in [0.4, 0.5) is 4.39 Å². The zero-order valence-corrected chi connectivity index (χ0v) is 10.8. The van der Waals surface area contributed by atoms with Gasteiger partial charge >= 0.3 is 0 Å². The second-order valence-electron chi connectivity index (χ2n) is 4.03. The average molecular weight is 262 g/mol. The molecule has 4 heteroatoms. The molecule has 100 valence electrons. The highest BCUT2D eigenvalue weighted by atomic mass is 19.1. The topological polar surface area (TPSA) is 38.7 Å². The van der Waals surface area contributed by atoms with Crippen LogP contribution in [0.15, 0.2) is 42.5 Å². The van der Waals surface area contributed by atoms with Gasteiger partial charge in [-0.05, 0) is 29.8 Å². The van der Waals surface area contributed by atoms with Gasteiger partial charge in [-0.15, -0.1) is 0 Å². The van der Waals surface area contributed by atoms with Crippen molar-refractivity contribution in [2.75, 3.05) is 14.2 Å². The Balaban J connectivity index is 2.51. The highest BCUT2D eigenvalue weighted by Crippen LogP contribution is 2.37. The standard InChI is InChI=1S/C15H15FO3/c1-18-12-7-4-8-13(19-2)14(12)15(17)10-5-3-6-11(16)9-10/h3-9,15,17H,1-2H3. The summed E-state index contributed by atoms with van der Waals surface area (Å²) in [5, 5.41) is 10.4. The normalized spacial score (nSPS) is 12.0. The molecular formula is C15H15FO3. The molecule has 0 aromatic heterocycles. The molecule has 3 nitrogen and oxygen atoms in total. The van der Waals surface area contributed by atoms with Crippen LogP contribution in [0.3, 0.4) is 0 Å². The summed E-state index contributed by atoms with van der Waals surface area (Å²) < 4.78 is 23.7. The van der Waals surface area contributed by atoms with Crippen LogP contribution in [0.25, 0.3) is 0 Å². The van der Waals surface area contributed by atoms with Gasteiger partial charge in [0.15, 0.2) is 0 Å². The molecule has 0 aliphatic heterocycles. The summed E-state index contributed by atoms with van der Waals surface area (Å²) in [6.07, 6.45) is -1.01. The van der Waals surface area contributed by atoms with Gasteiger partial charge in [-0.1, -0.05) is 18.2 Å². The van der Waals surface area contributed by atoms with Crippen LogP contribution in [0.5, 0.6) is 11.5 Å². The highest BCUT2D eigenvalue weighted by molar-refractivity contribution is 5.49. The molecule has 19 heavy (non-hydrogen) atoms. The number of hydrogen-bond donors (Lipinski definition) is 1. The fourth-order valence-electron chi connectivity index (χ4n) is 1.99. The van der Waals surface area contributed by atoms with Gasteiger partial charge in [0, 0.05) is 0 Å². The molecule has 0 aliphatic rings. The zero-order chi connectivity index (χ0) is 13.8. The third-order valence-corrected chi connectivity index (χ3v) is 2.90. The lowest BCUT2D eigenvalue weighted by atomic mass is 9.99. The molecule has 0 fully saturated rings. The van der Waals surface area contributed by atoms with Crippen LogP contribution >= 0.6 is 0 Å². The Morgan fingerprint density at radius 1 is 1.00 bits per heavy atom. The summed E-state index contributed by atoms with van der Waals surface area (Å²) in [5.41, 5.74) is 0.931. The number of halogens is 1. The van der Waals surface area contributed by atoms with Crippen molar-refractivity contribution in [2.45, 2.75) is 6.10 Å². The first-order chi connectivity index (χ1) is 9.17. The van der Waals surface area contributed by atoms with Crippen molar-refractivity contribution < 1.29 is 19.0 Å². The molecule has 0 radical (unpaired) electrons. The Bertz CT molecular complexity index is 547. The molecule has 2 aromatic carbocycles. The van der Waals surface area contributed by atoms with Crippen molar-refractivity contribution in [1.82, 2.24) is 0 Å². The van der Waals surface area contributed by atoms with Crippen LogP contribution in [-0.2, 0) is 0 Å². The second kappa shape index (κ2) is 5.71. The third kappa shape index (κ3) is 2.69. The van der Waals surface area contributed by atoms with E-state index in [4.69, 9.17) is 9.47 Å². The van der Waals surface area contributed by atoms with Gasteiger partial charge in [0.1, 0.15) is 23.4 Å². The minimum absolute atomic E-state index is 0.398. The summed E-state index contributed by atoms with van der Waals surface area (Å²) in [6.45, 7) is 0. The van der Waals surface area contributed by atoms with E-state index in [0.717, 1.165) is 0 Å². The van der Waals surface area contributed by atoms with Crippen LogP contribution in [-0.4, -0.2) is 19.3 Å². The maximum Gasteiger partial charge on any atom is 0.128 e. The van der Waals surface area contributed by atoms with Crippen LogP contribution in [0.2, 0.25) is 0 Å². The molecule has 0 spiro atoms. The highest BCUT2D eigenvalue weighted by Gasteiger charge is 2.20. The van der Waals surface area contributed by atoms with E-state index in [-0.39, 0.29) is 0 Å². The van der Waals surface area contributed by atoms with Crippen molar-refractivity contribution in [3.05, 3.63) is 59.4 Å². The molecule has 0 amide bonds. The number of aliphatic hydroxyl groups excluding tert-OH is 1. The lowest BCUT2D eigenvalue weighted by Crippen LogP contribution is -2.05. The summed E-state index contributed by atoms with van der Waals surface area (Å²) >= 11 is 0. The van der Waals surface area contributed by atoms with E-state index in [9.17, 15) is 9.50 Å². The van der Waals surface area contributed by atoms with E-state index in [1.165, 1.54) is 26.4 Å². The van der Waals surface area contributed by atoms with Crippen molar-refractivity contribution in [3.63, 3.8) is 0 Å². The van der Waals surface area contributed by atoms with Gasteiger partial charge < -0.3 is 14.6 Å². The molecule has 1 atom stereocenters. The predicted molar refractivity (Wildman–Crippen MR) is 70.0 cm³/mol. The molecule has 0 heterocycles. The van der Waals surface area contributed by atoms with Gasteiger partial charge in [0.2, 0.25) is 0 Å². The molecule has 0 bridgehead atoms. The van der Waals surface area contributed by atoms with Crippen LogP contribution in [0, 0.1) is 5.82 Å². The van der Waals surface area contributed by atoms with Crippen LogP contribution < -0.4 is 9.47 Å². The largest absolute Gasteiger partial charge is 0.496 e. The maximum atomic E-state index is 13.2. The molecular weight excluding hydrogens is 247 g/mol. The van der Waals surface area contributed by atoms with Crippen LogP contribution in [0.1, 0.15) is 17.2 Å². The molecule has 2 rings (SSSR count). The SMILES string of the molecule is COc1cccc(OC)c1C(O)c1cccc(F)c1. The first-order valence-electron chi connectivity index (χ1n) is 5.81. The van der Waals surface area contributed by atoms with E-state index < -0.39 is 11.9 Å². The molecule has 2 aromatic rings. The Labute approximate surface area is 111 Å². The number of aliphatic hydroxyl groups is 1. The Morgan fingerprint density at radius 3 is 2.11 bits per heavy atom. The Morgan fingerprint density at radius 2 is 1.58 bits per heavy atom. The van der Waals surface area contributed by atoms with E-state index in [1.54, 1.807) is 30.3 Å². The summed E-state index contributed by atoms with van der Waals surface area (Å²) in [6, 6.07) is 11.0. The van der Waals surface area contributed by atoms with Gasteiger partial charge in [-0.2, -0.15) is 0 Å². The predicted octanol–water partition coefficient (Wildman–Crippen LogP) is 2.92. The molecule has 1 unspecified atom stereocenters. The molecule has 1 N–H and O–H groups in total. The smallest absolute Gasteiger partial charge is 0.128 e. The fraction of sp³-hybridized carbons (Fsp3) is 0.200. The third-order valence-electron chi connectivity index (χ3n) is 2.90. The minimum atomic E-state index is -1.01. The summed E-state index contributed by atoms with van der Waals surface area (Å²) in [7, 11) is 3.02. The first-order valence-corrected chi connectivity index (χ1v) is 5.81. The van der Waals surface area contributed by atoms with Gasteiger partial charge in [-0.25, -0.2) is 4.39 Å². The quantitative estimate of drug-likeness (QED) is 0.920. The molecule has 0 aliphatic carbocycles.